The minimum absolute atomic E-state index is 0.102. The predicted molar refractivity (Wildman–Crippen MR) is 80.1 cm³/mol. The van der Waals surface area contributed by atoms with Gasteiger partial charge < -0.3 is 19.3 Å². The van der Waals surface area contributed by atoms with E-state index in [1.165, 1.54) is 0 Å². The number of hydrogen-bond donors (Lipinski definition) is 1. The van der Waals surface area contributed by atoms with Crippen LogP contribution in [0.15, 0.2) is 16.9 Å². The zero-order valence-corrected chi connectivity index (χ0v) is 13.4. The Morgan fingerprint density at radius 2 is 2.30 bits per heavy atom. The summed E-state index contributed by atoms with van der Waals surface area (Å²) in [6, 6.07) is -0.192. The van der Waals surface area contributed by atoms with Crippen molar-refractivity contribution in [3.63, 3.8) is 0 Å². The second-order valence-electron chi connectivity index (χ2n) is 5.70. The van der Waals surface area contributed by atoms with Gasteiger partial charge in [0.1, 0.15) is 11.9 Å². The topological polar surface area (TPSA) is 91.4 Å². The van der Waals surface area contributed by atoms with Gasteiger partial charge in [0.2, 0.25) is 5.91 Å². The molecule has 2 aromatic heterocycles. The van der Waals surface area contributed by atoms with Crippen LogP contribution in [0, 0.1) is 13.8 Å². The van der Waals surface area contributed by atoms with Crippen molar-refractivity contribution in [2.45, 2.75) is 32.4 Å². The number of hydrogen-bond acceptors (Lipinski definition) is 6. The molecule has 0 bridgehead atoms. The highest BCUT2D eigenvalue weighted by atomic mass is 16.5. The van der Waals surface area contributed by atoms with E-state index in [4.69, 9.17) is 14.0 Å². The molecule has 0 unspecified atom stereocenters. The van der Waals surface area contributed by atoms with Crippen molar-refractivity contribution in [1.29, 1.82) is 0 Å². The van der Waals surface area contributed by atoms with E-state index < -0.39 is 0 Å². The number of nitrogens with zero attached hydrogens (tertiary/aromatic N) is 3. The van der Waals surface area contributed by atoms with Crippen LogP contribution in [0.4, 0.5) is 0 Å². The first-order valence-corrected chi connectivity index (χ1v) is 7.47. The third-order valence-electron chi connectivity index (χ3n) is 3.86. The Kier molecular flexibility index (Phi) is 4.33. The van der Waals surface area contributed by atoms with Crippen molar-refractivity contribution in [3.05, 3.63) is 29.4 Å². The maximum atomic E-state index is 12.3. The fourth-order valence-electron chi connectivity index (χ4n) is 2.59. The van der Waals surface area contributed by atoms with Crippen LogP contribution in [0.1, 0.15) is 17.0 Å². The number of nitrogens with one attached hydrogen (secondary N) is 1. The normalized spacial score (nSPS) is 20.7. The Labute approximate surface area is 133 Å². The molecule has 0 aliphatic carbocycles. The molecule has 1 saturated heterocycles. The van der Waals surface area contributed by atoms with Crippen molar-refractivity contribution in [2.75, 3.05) is 13.2 Å². The molecule has 1 aliphatic rings. The molecule has 8 heteroatoms. The molecule has 8 nitrogen and oxygen atoms in total. The van der Waals surface area contributed by atoms with Gasteiger partial charge in [-0.3, -0.25) is 9.48 Å². The van der Waals surface area contributed by atoms with Gasteiger partial charge in [-0.25, -0.2) is 0 Å². The third-order valence-corrected chi connectivity index (χ3v) is 3.86. The molecule has 1 fully saturated rings. The molecular weight excluding hydrogens is 300 g/mol. The van der Waals surface area contributed by atoms with Crippen molar-refractivity contribution in [2.24, 2.45) is 7.05 Å². The summed E-state index contributed by atoms with van der Waals surface area (Å²) in [6.07, 6.45) is 3.42. The molecule has 2 aromatic rings. The van der Waals surface area contributed by atoms with Gasteiger partial charge in [-0.05, 0) is 13.8 Å². The van der Waals surface area contributed by atoms with Gasteiger partial charge in [-0.1, -0.05) is 5.16 Å². The first-order chi connectivity index (χ1) is 11.0. The molecule has 3 heterocycles. The van der Waals surface area contributed by atoms with E-state index in [-0.39, 0.29) is 24.5 Å². The molecule has 23 heavy (non-hydrogen) atoms. The van der Waals surface area contributed by atoms with Crippen LogP contribution in [-0.2, 0) is 23.0 Å². The summed E-state index contributed by atoms with van der Waals surface area (Å²) in [4.78, 5) is 12.3. The average Bonchev–Trinajstić information content (AvgIpc) is 3.18. The molecule has 1 aliphatic heterocycles. The van der Waals surface area contributed by atoms with Gasteiger partial charge in [-0.2, -0.15) is 5.10 Å². The lowest BCUT2D eigenvalue weighted by Crippen LogP contribution is -2.45. The smallest absolute Gasteiger partial charge is 0.225 e. The summed E-state index contributed by atoms with van der Waals surface area (Å²) in [5.74, 6) is 1.23. The lowest BCUT2D eigenvalue weighted by Gasteiger charge is -2.19. The molecule has 1 N–H and O–H groups in total. The summed E-state index contributed by atoms with van der Waals surface area (Å²) in [6.45, 7) is 4.49. The number of carbonyl (C=O) groups excluding carboxylic acids is 1. The van der Waals surface area contributed by atoms with E-state index >= 15 is 0 Å². The number of amides is 1. The monoisotopic (exact) mass is 320 g/mol. The van der Waals surface area contributed by atoms with Gasteiger partial charge in [0, 0.05) is 12.6 Å². The number of ether oxygens (including phenoxy) is 2. The van der Waals surface area contributed by atoms with E-state index in [1.807, 2.05) is 14.0 Å². The van der Waals surface area contributed by atoms with Gasteiger partial charge in [-0.15, -0.1) is 0 Å². The van der Waals surface area contributed by atoms with Crippen molar-refractivity contribution >= 4 is 5.91 Å². The van der Waals surface area contributed by atoms with Crippen molar-refractivity contribution in [3.8, 4) is 5.75 Å². The maximum Gasteiger partial charge on any atom is 0.225 e. The van der Waals surface area contributed by atoms with E-state index in [0.29, 0.717) is 24.7 Å². The largest absolute Gasteiger partial charge is 0.482 e. The Balaban J connectivity index is 1.59. The fraction of sp³-hybridized carbons (Fsp3) is 0.533. The second-order valence-corrected chi connectivity index (χ2v) is 5.70. The second kappa shape index (κ2) is 6.41. The van der Waals surface area contributed by atoms with E-state index in [1.54, 1.807) is 24.0 Å². The number of aromatic nitrogens is 3. The Bertz CT molecular complexity index is 674. The highest BCUT2D eigenvalue weighted by Crippen LogP contribution is 2.17. The van der Waals surface area contributed by atoms with Gasteiger partial charge in [0.05, 0.1) is 43.8 Å². The highest BCUT2D eigenvalue weighted by Gasteiger charge is 2.32. The minimum atomic E-state index is -0.229. The standard InChI is InChI=1S/C15H20N4O4/c1-9-12(10(2)23-18-9)4-15(20)17-13-7-21-8-14(13)22-11-5-16-19(3)6-11/h5-6,13-14H,4,7-8H2,1-3H3,(H,17,20)/t13-,14+/m0/s1. The SMILES string of the molecule is Cc1noc(C)c1CC(=O)N[C@H]1COC[C@H]1Oc1cnn(C)c1. The lowest BCUT2D eigenvalue weighted by molar-refractivity contribution is -0.121. The molecule has 3 rings (SSSR count). The maximum absolute atomic E-state index is 12.3. The van der Waals surface area contributed by atoms with Gasteiger partial charge in [0.25, 0.3) is 0 Å². The summed E-state index contributed by atoms with van der Waals surface area (Å²) in [5, 5.41) is 10.9. The molecule has 124 valence electrons. The quantitative estimate of drug-likeness (QED) is 0.864. The zero-order valence-electron chi connectivity index (χ0n) is 13.4. The van der Waals surface area contributed by atoms with Crippen LogP contribution in [0.2, 0.25) is 0 Å². The molecular formula is C15H20N4O4. The molecule has 1 amide bonds. The fourth-order valence-corrected chi connectivity index (χ4v) is 2.59. The van der Waals surface area contributed by atoms with Crippen molar-refractivity contribution in [1.82, 2.24) is 20.3 Å². The van der Waals surface area contributed by atoms with Crippen LogP contribution >= 0.6 is 0 Å². The lowest BCUT2D eigenvalue weighted by atomic mass is 10.1. The average molecular weight is 320 g/mol. The Hall–Kier alpha value is -2.35. The van der Waals surface area contributed by atoms with Gasteiger partial charge >= 0.3 is 0 Å². The first kappa shape index (κ1) is 15.5. The number of aryl methyl sites for hydroxylation is 3. The number of carbonyl (C=O) groups is 1. The highest BCUT2D eigenvalue weighted by molar-refractivity contribution is 5.79. The first-order valence-electron chi connectivity index (χ1n) is 7.47. The van der Waals surface area contributed by atoms with E-state index in [0.717, 1.165) is 11.3 Å². The minimum Gasteiger partial charge on any atom is -0.482 e. The molecule has 0 aromatic carbocycles. The predicted octanol–water partition coefficient (Wildman–Crippen LogP) is 0.530. The Morgan fingerprint density at radius 3 is 2.96 bits per heavy atom. The molecule has 0 saturated carbocycles. The molecule has 2 atom stereocenters. The van der Waals surface area contributed by atoms with Crippen LogP contribution < -0.4 is 10.1 Å². The summed E-state index contributed by atoms with van der Waals surface area (Å²) < 4.78 is 18.0. The van der Waals surface area contributed by atoms with Crippen LogP contribution in [0.25, 0.3) is 0 Å². The van der Waals surface area contributed by atoms with Crippen LogP contribution in [0.5, 0.6) is 5.75 Å². The van der Waals surface area contributed by atoms with Crippen molar-refractivity contribution < 1.29 is 18.8 Å². The van der Waals surface area contributed by atoms with Crippen LogP contribution in [-0.4, -0.2) is 46.2 Å². The molecule has 0 spiro atoms. The van der Waals surface area contributed by atoms with E-state index in [2.05, 4.69) is 15.6 Å². The molecule has 0 radical (unpaired) electrons. The van der Waals surface area contributed by atoms with E-state index in [9.17, 15) is 4.79 Å². The summed E-state index contributed by atoms with van der Waals surface area (Å²) in [5.41, 5.74) is 1.56. The zero-order chi connectivity index (χ0) is 16.4. The number of rotatable bonds is 5. The third kappa shape index (κ3) is 3.53. The van der Waals surface area contributed by atoms with Crippen LogP contribution in [0.3, 0.4) is 0 Å². The summed E-state index contributed by atoms with van der Waals surface area (Å²) >= 11 is 0. The van der Waals surface area contributed by atoms with Gasteiger partial charge in [0.15, 0.2) is 5.75 Å². The Morgan fingerprint density at radius 1 is 1.48 bits per heavy atom. The summed E-state index contributed by atoms with van der Waals surface area (Å²) in [7, 11) is 1.82.